The second kappa shape index (κ2) is 9.26. The number of amides is 1. The molecule has 1 amide bonds. The average Bonchev–Trinajstić information content (AvgIpc) is 2.47. The van der Waals surface area contributed by atoms with Crippen molar-refractivity contribution in [2.24, 2.45) is 0 Å². The summed E-state index contributed by atoms with van der Waals surface area (Å²) >= 11 is 6.15. The highest BCUT2D eigenvalue weighted by Gasteiger charge is 2.10. The van der Waals surface area contributed by atoms with Crippen LogP contribution in [0.1, 0.15) is 12.5 Å². The maximum atomic E-state index is 11.6. The van der Waals surface area contributed by atoms with E-state index in [2.05, 4.69) is 5.32 Å². The van der Waals surface area contributed by atoms with Crippen LogP contribution in [-0.4, -0.2) is 39.9 Å². The van der Waals surface area contributed by atoms with E-state index < -0.39 is 0 Å². The van der Waals surface area contributed by atoms with Crippen molar-refractivity contribution >= 4 is 23.6 Å². The molecule has 1 aromatic carbocycles. The number of carbonyl (C=O) groups is 1. The zero-order valence-electron chi connectivity index (χ0n) is 12.4. The highest BCUT2D eigenvalue weighted by Crippen LogP contribution is 2.36. The fourth-order valence-corrected chi connectivity index (χ4v) is 1.90. The zero-order chi connectivity index (χ0) is 15.7. The summed E-state index contributed by atoms with van der Waals surface area (Å²) in [5.41, 5.74) is 0.752. The van der Waals surface area contributed by atoms with E-state index in [4.69, 9.17) is 25.8 Å². The largest absolute Gasteiger partial charge is 0.493 e. The van der Waals surface area contributed by atoms with Crippen LogP contribution < -0.4 is 14.8 Å². The Labute approximate surface area is 129 Å². The first-order chi connectivity index (χ1) is 10.1. The fourth-order valence-electron chi connectivity index (χ4n) is 1.63. The van der Waals surface area contributed by atoms with Crippen molar-refractivity contribution < 1.29 is 19.0 Å². The molecule has 1 aromatic rings. The topological polar surface area (TPSA) is 56.8 Å². The van der Waals surface area contributed by atoms with Gasteiger partial charge >= 0.3 is 0 Å². The monoisotopic (exact) mass is 313 g/mol. The van der Waals surface area contributed by atoms with E-state index >= 15 is 0 Å². The van der Waals surface area contributed by atoms with Crippen LogP contribution in [0.25, 0.3) is 6.08 Å². The van der Waals surface area contributed by atoms with E-state index in [0.29, 0.717) is 36.3 Å². The summed E-state index contributed by atoms with van der Waals surface area (Å²) in [5.74, 6) is 0.836. The third-order valence-electron chi connectivity index (χ3n) is 2.57. The van der Waals surface area contributed by atoms with Crippen molar-refractivity contribution in [1.82, 2.24) is 5.32 Å². The summed E-state index contributed by atoms with van der Waals surface area (Å²) in [7, 11) is 3.12. The van der Waals surface area contributed by atoms with Crippen molar-refractivity contribution in [2.75, 3.05) is 34.0 Å². The molecule has 1 rings (SSSR count). The molecule has 0 heterocycles. The summed E-state index contributed by atoms with van der Waals surface area (Å²) in [6.45, 7) is 3.30. The first kappa shape index (κ1) is 17.3. The van der Waals surface area contributed by atoms with Gasteiger partial charge < -0.3 is 19.5 Å². The number of halogens is 1. The summed E-state index contributed by atoms with van der Waals surface area (Å²) < 4.78 is 15.5. The molecule has 0 bridgehead atoms. The molecule has 0 aliphatic rings. The van der Waals surface area contributed by atoms with E-state index in [0.717, 1.165) is 5.56 Å². The standard InChI is InChI=1S/C15H20ClNO4/c1-4-21-15-12(16)9-11(10-13(15)20-3)5-6-14(18)17-7-8-19-2/h5-6,9-10H,4,7-8H2,1-3H3,(H,17,18)/b6-5+. The molecule has 0 aliphatic carbocycles. The summed E-state index contributed by atoms with van der Waals surface area (Å²) in [4.78, 5) is 11.6. The first-order valence-corrected chi connectivity index (χ1v) is 6.95. The van der Waals surface area contributed by atoms with Crippen LogP contribution in [-0.2, 0) is 9.53 Å². The third kappa shape index (κ3) is 5.65. The number of nitrogens with one attached hydrogen (secondary N) is 1. The molecular formula is C15H20ClNO4. The smallest absolute Gasteiger partial charge is 0.244 e. The lowest BCUT2D eigenvalue weighted by atomic mass is 10.2. The van der Waals surface area contributed by atoms with Crippen LogP contribution in [0.3, 0.4) is 0 Å². The minimum Gasteiger partial charge on any atom is -0.493 e. The molecule has 0 atom stereocenters. The summed E-state index contributed by atoms with van der Waals surface area (Å²) in [5, 5.41) is 3.13. The number of carbonyl (C=O) groups excluding carboxylic acids is 1. The molecule has 0 saturated carbocycles. The Morgan fingerprint density at radius 3 is 2.76 bits per heavy atom. The molecule has 1 N–H and O–H groups in total. The number of methoxy groups -OCH3 is 2. The Morgan fingerprint density at radius 1 is 1.38 bits per heavy atom. The van der Waals surface area contributed by atoms with Gasteiger partial charge in [-0.15, -0.1) is 0 Å². The van der Waals surface area contributed by atoms with E-state index in [1.807, 2.05) is 6.92 Å². The number of hydrogen-bond donors (Lipinski definition) is 1. The van der Waals surface area contributed by atoms with Gasteiger partial charge in [0.2, 0.25) is 5.91 Å². The number of rotatable bonds is 8. The van der Waals surface area contributed by atoms with Gasteiger partial charge in [-0.1, -0.05) is 11.6 Å². The zero-order valence-corrected chi connectivity index (χ0v) is 13.2. The first-order valence-electron chi connectivity index (χ1n) is 6.57. The predicted molar refractivity (Wildman–Crippen MR) is 83.1 cm³/mol. The van der Waals surface area contributed by atoms with E-state index in [1.54, 1.807) is 32.4 Å². The Hall–Kier alpha value is -1.72. The molecule has 0 aromatic heterocycles. The molecular weight excluding hydrogens is 294 g/mol. The van der Waals surface area contributed by atoms with E-state index in [1.165, 1.54) is 6.08 Å². The van der Waals surface area contributed by atoms with Gasteiger partial charge in [0.1, 0.15) is 0 Å². The highest BCUT2D eigenvalue weighted by molar-refractivity contribution is 6.32. The molecule has 6 heteroatoms. The maximum Gasteiger partial charge on any atom is 0.244 e. The SMILES string of the molecule is CCOc1c(Cl)cc(/C=C/C(=O)NCCOC)cc1OC. The quantitative estimate of drug-likeness (QED) is 0.592. The average molecular weight is 314 g/mol. The number of ether oxygens (including phenoxy) is 3. The molecule has 116 valence electrons. The van der Waals surface area contributed by atoms with Crippen LogP contribution in [0.4, 0.5) is 0 Å². The Balaban J connectivity index is 2.79. The van der Waals surface area contributed by atoms with Crippen LogP contribution >= 0.6 is 11.6 Å². The van der Waals surface area contributed by atoms with Gasteiger partial charge in [-0.2, -0.15) is 0 Å². The summed E-state index contributed by atoms with van der Waals surface area (Å²) in [6.07, 6.45) is 3.09. The molecule has 21 heavy (non-hydrogen) atoms. The van der Waals surface area contributed by atoms with E-state index in [-0.39, 0.29) is 5.91 Å². The lowest BCUT2D eigenvalue weighted by molar-refractivity contribution is -0.116. The van der Waals surface area contributed by atoms with Crippen molar-refractivity contribution in [3.05, 3.63) is 28.8 Å². The minimum atomic E-state index is -0.198. The molecule has 0 aliphatic heterocycles. The molecule has 0 fully saturated rings. The molecule has 0 radical (unpaired) electrons. The third-order valence-corrected chi connectivity index (χ3v) is 2.85. The van der Waals surface area contributed by atoms with Crippen molar-refractivity contribution in [1.29, 1.82) is 0 Å². The minimum absolute atomic E-state index is 0.198. The second-order valence-electron chi connectivity index (χ2n) is 4.08. The maximum absolute atomic E-state index is 11.6. The number of hydrogen-bond acceptors (Lipinski definition) is 4. The highest BCUT2D eigenvalue weighted by atomic mass is 35.5. The van der Waals surface area contributed by atoms with Crippen LogP contribution in [0.5, 0.6) is 11.5 Å². The summed E-state index contributed by atoms with van der Waals surface area (Å²) in [6, 6.07) is 3.48. The van der Waals surface area contributed by atoms with Crippen LogP contribution in [0.2, 0.25) is 5.02 Å². The van der Waals surface area contributed by atoms with Gasteiger partial charge in [-0.05, 0) is 30.7 Å². The number of benzene rings is 1. The van der Waals surface area contributed by atoms with Crippen molar-refractivity contribution in [3.63, 3.8) is 0 Å². The lowest BCUT2D eigenvalue weighted by Gasteiger charge is -2.11. The van der Waals surface area contributed by atoms with E-state index in [9.17, 15) is 4.79 Å². The second-order valence-corrected chi connectivity index (χ2v) is 4.49. The van der Waals surface area contributed by atoms with Gasteiger partial charge in [-0.25, -0.2) is 0 Å². The van der Waals surface area contributed by atoms with Crippen molar-refractivity contribution in [2.45, 2.75) is 6.92 Å². The van der Waals surface area contributed by atoms with Gasteiger partial charge in [-0.3, -0.25) is 4.79 Å². The Kier molecular flexibility index (Phi) is 7.64. The normalized spacial score (nSPS) is 10.7. The fraction of sp³-hybridized carbons (Fsp3) is 0.400. The molecule has 0 unspecified atom stereocenters. The van der Waals surface area contributed by atoms with Gasteiger partial charge in [0.05, 0.1) is 25.3 Å². The van der Waals surface area contributed by atoms with Crippen LogP contribution in [0.15, 0.2) is 18.2 Å². The molecule has 0 saturated heterocycles. The Bertz CT molecular complexity index is 503. The molecule has 0 spiro atoms. The van der Waals surface area contributed by atoms with Gasteiger partial charge in [0, 0.05) is 19.7 Å². The van der Waals surface area contributed by atoms with Gasteiger partial charge in [0.25, 0.3) is 0 Å². The lowest BCUT2D eigenvalue weighted by Crippen LogP contribution is -2.24. The van der Waals surface area contributed by atoms with Crippen molar-refractivity contribution in [3.8, 4) is 11.5 Å². The van der Waals surface area contributed by atoms with Gasteiger partial charge in [0.15, 0.2) is 11.5 Å². The Morgan fingerprint density at radius 2 is 2.14 bits per heavy atom. The predicted octanol–water partition coefficient (Wildman–Crippen LogP) is 2.52. The van der Waals surface area contributed by atoms with Crippen LogP contribution in [0, 0.1) is 0 Å². The molecule has 5 nitrogen and oxygen atoms in total.